The van der Waals surface area contributed by atoms with Crippen LogP contribution >= 0.6 is 0 Å². The van der Waals surface area contributed by atoms with Gasteiger partial charge in [-0.3, -0.25) is 24.5 Å². The number of carbonyl (C=O) groups is 3. The van der Waals surface area contributed by atoms with Crippen LogP contribution in [0.4, 0.5) is 32.0 Å². The van der Waals surface area contributed by atoms with Crippen LogP contribution in [0.2, 0.25) is 0 Å². The number of nitrogens with zero attached hydrogens (tertiary/aromatic N) is 1. The molecule has 2 aromatic rings. The Morgan fingerprint density at radius 3 is 1.92 bits per heavy atom. The fourth-order valence-electron chi connectivity index (χ4n) is 3.35. The molecule has 0 bridgehead atoms. The van der Waals surface area contributed by atoms with Crippen LogP contribution in [-0.2, 0) is 26.7 Å². The Kier molecular flexibility index (Phi) is 8.85. The van der Waals surface area contributed by atoms with Crippen LogP contribution in [0.15, 0.2) is 42.5 Å². The van der Waals surface area contributed by atoms with Gasteiger partial charge in [0.2, 0.25) is 5.91 Å². The maximum atomic E-state index is 13.2. The highest BCUT2D eigenvalue weighted by Gasteiger charge is 2.38. The summed E-state index contributed by atoms with van der Waals surface area (Å²) in [6.07, 6.45) is -11.1. The van der Waals surface area contributed by atoms with Crippen LogP contribution in [0.5, 0.6) is 0 Å². The summed E-state index contributed by atoms with van der Waals surface area (Å²) in [6.45, 7) is 1.39. The van der Waals surface area contributed by atoms with Crippen molar-refractivity contribution in [3.05, 3.63) is 74.8 Å². The van der Waals surface area contributed by atoms with Crippen molar-refractivity contribution in [2.45, 2.75) is 37.7 Å². The van der Waals surface area contributed by atoms with Gasteiger partial charge in [0.15, 0.2) is 0 Å². The zero-order valence-corrected chi connectivity index (χ0v) is 18.9. The number of rotatable bonds is 9. The van der Waals surface area contributed by atoms with E-state index in [0.717, 1.165) is 24.3 Å². The first-order valence-electron chi connectivity index (χ1n) is 10.3. The minimum atomic E-state index is -5.23. The molecule has 0 heterocycles. The maximum absolute atomic E-state index is 13.2. The quantitative estimate of drug-likeness (QED) is 0.216. The molecule has 0 spiro atoms. The summed E-state index contributed by atoms with van der Waals surface area (Å²) in [4.78, 5) is 47.3. The summed E-state index contributed by atoms with van der Waals surface area (Å²) < 4.78 is 83.9. The lowest BCUT2D eigenvalue weighted by molar-refractivity contribution is -0.384. The van der Waals surface area contributed by atoms with Crippen molar-refractivity contribution in [1.29, 1.82) is 0 Å². The molecule has 3 N–H and O–H groups in total. The number of nitrogens with two attached hydrogens (primary N) is 1. The van der Waals surface area contributed by atoms with Gasteiger partial charge < -0.3 is 15.8 Å². The molecular weight excluding hydrogens is 516 g/mol. The fraction of sp³-hybridized carbons (Fsp3) is 0.318. The SMILES string of the molecule is CCOC(=O)C[C@@H](c1ccc([N+](=O)[O-])cc1)[C@@H](NC(=O)c1cc(C(F)(F)F)cc(C(F)(F)F)c1)C(N)=O. The van der Waals surface area contributed by atoms with Crippen LogP contribution in [0.25, 0.3) is 0 Å². The zero-order chi connectivity index (χ0) is 28.1. The van der Waals surface area contributed by atoms with E-state index in [-0.39, 0.29) is 36.1 Å². The smallest absolute Gasteiger partial charge is 0.416 e. The third-order valence-corrected chi connectivity index (χ3v) is 5.07. The molecular formula is C22H19F6N3O6. The van der Waals surface area contributed by atoms with Crippen LogP contribution in [0.3, 0.4) is 0 Å². The summed E-state index contributed by atoms with van der Waals surface area (Å²) >= 11 is 0. The Hall–Kier alpha value is -4.17. The molecule has 0 saturated carbocycles. The highest BCUT2D eigenvalue weighted by Crippen LogP contribution is 2.36. The van der Waals surface area contributed by atoms with Crippen molar-refractivity contribution in [3.8, 4) is 0 Å². The second kappa shape index (κ2) is 11.3. The molecule has 0 aliphatic rings. The first-order valence-corrected chi connectivity index (χ1v) is 10.3. The van der Waals surface area contributed by atoms with Gasteiger partial charge in [-0.1, -0.05) is 12.1 Å². The number of nitrogens with one attached hydrogen (secondary N) is 1. The Morgan fingerprint density at radius 1 is 1.00 bits per heavy atom. The van der Waals surface area contributed by atoms with E-state index in [1.807, 2.05) is 5.32 Å². The van der Waals surface area contributed by atoms with Crippen molar-refractivity contribution in [1.82, 2.24) is 5.32 Å². The number of halogens is 6. The molecule has 0 aliphatic heterocycles. The average molecular weight is 535 g/mol. The number of esters is 1. The lowest BCUT2D eigenvalue weighted by atomic mass is 9.87. The lowest BCUT2D eigenvalue weighted by Crippen LogP contribution is -2.48. The van der Waals surface area contributed by atoms with Gasteiger partial charge in [0.25, 0.3) is 11.6 Å². The van der Waals surface area contributed by atoms with E-state index in [1.165, 1.54) is 6.92 Å². The van der Waals surface area contributed by atoms with Crippen LogP contribution < -0.4 is 11.1 Å². The molecule has 15 heteroatoms. The van der Waals surface area contributed by atoms with Crippen LogP contribution in [0, 0.1) is 10.1 Å². The number of hydrogen-bond acceptors (Lipinski definition) is 6. The molecule has 2 aromatic carbocycles. The summed E-state index contributed by atoms with van der Waals surface area (Å²) in [5.41, 5.74) is 0.464. The zero-order valence-electron chi connectivity index (χ0n) is 18.9. The first-order chi connectivity index (χ1) is 17.0. The van der Waals surface area contributed by atoms with Gasteiger partial charge in [0.05, 0.1) is 29.1 Å². The molecule has 2 amide bonds. The van der Waals surface area contributed by atoms with E-state index in [4.69, 9.17) is 10.5 Å². The summed E-state index contributed by atoms with van der Waals surface area (Å²) in [7, 11) is 0. The average Bonchev–Trinajstić information content (AvgIpc) is 2.79. The predicted molar refractivity (Wildman–Crippen MR) is 114 cm³/mol. The van der Waals surface area contributed by atoms with Gasteiger partial charge in [0, 0.05) is 23.6 Å². The standard InChI is InChI=1S/C22H19F6N3O6/c1-2-37-17(32)10-16(11-3-5-15(6-4-11)31(35)36)18(19(29)33)30-20(34)12-7-13(21(23,24)25)9-14(8-12)22(26,27)28/h3-9,16,18H,2,10H2,1H3,(H2,29,33)(H,30,34)/t16-,18+/m0/s1. The number of carbonyl (C=O) groups excluding carboxylic acids is 3. The minimum absolute atomic E-state index is 0.0720. The lowest BCUT2D eigenvalue weighted by Gasteiger charge is -2.26. The molecule has 0 aromatic heterocycles. The van der Waals surface area contributed by atoms with Crippen molar-refractivity contribution in [2.24, 2.45) is 5.73 Å². The molecule has 200 valence electrons. The van der Waals surface area contributed by atoms with Crippen LogP contribution in [-0.4, -0.2) is 35.4 Å². The van der Waals surface area contributed by atoms with E-state index in [1.54, 1.807) is 0 Å². The number of benzene rings is 2. The monoisotopic (exact) mass is 535 g/mol. The van der Waals surface area contributed by atoms with Gasteiger partial charge in [-0.15, -0.1) is 0 Å². The largest absolute Gasteiger partial charge is 0.466 e. The van der Waals surface area contributed by atoms with Crippen LogP contribution in [0.1, 0.15) is 46.3 Å². The Balaban J connectivity index is 2.53. The van der Waals surface area contributed by atoms with E-state index in [9.17, 15) is 50.8 Å². The number of nitro benzene ring substituents is 1. The molecule has 0 aliphatic carbocycles. The third kappa shape index (κ3) is 7.65. The van der Waals surface area contributed by atoms with Gasteiger partial charge in [-0.2, -0.15) is 26.3 Å². The maximum Gasteiger partial charge on any atom is 0.416 e. The fourth-order valence-corrected chi connectivity index (χ4v) is 3.35. The first kappa shape index (κ1) is 29.1. The second-order valence-electron chi connectivity index (χ2n) is 7.61. The predicted octanol–water partition coefficient (Wildman–Crippen LogP) is 3.95. The summed E-state index contributed by atoms with van der Waals surface area (Å²) in [6, 6.07) is 2.66. The highest BCUT2D eigenvalue weighted by atomic mass is 19.4. The molecule has 0 radical (unpaired) electrons. The van der Waals surface area contributed by atoms with E-state index in [2.05, 4.69) is 0 Å². The molecule has 0 fully saturated rings. The Bertz CT molecular complexity index is 1150. The molecule has 37 heavy (non-hydrogen) atoms. The molecule has 2 rings (SSSR count). The number of amides is 2. The Labute approximate surface area is 204 Å². The van der Waals surface area contributed by atoms with E-state index in [0.29, 0.717) is 0 Å². The molecule has 0 unspecified atom stereocenters. The number of ether oxygens (including phenoxy) is 1. The van der Waals surface area contributed by atoms with Gasteiger partial charge in [-0.05, 0) is 30.7 Å². The second-order valence-corrected chi connectivity index (χ2v) is 7.61. The molecule has 0 saturated heterocycles. The normalized spacial score (nSPS) is 13.4. The van der Waals surface area contributed by atoms with Crippen molar-refractivity contribution < 1.29 is 50.4 Å². The highest BCUT2D eigenvalue weighted by molar-refractivity contribution is 5.98. The topological polar surface area (TPSA) is 142 Å². The van der Waals surface area contributed by atoms with E-state index >= 15 is 0 Å². The number of primary amides is 1. The summed E-state index contributed by atoms with van der Waals surface area (Å²) in [5, 5.41) is 12.9. The van der Waals surface area contributed by atoms with Crippen molar-refractivity contribution >= 4 is 23.5 Å². The molecule has 9 nitrogen and oxygen atoms in total. The van der Waals surface area contributed by atoms with Crippen molar-refractivity contribution in [2.75, 3.05) is 6.61 Å². The Morgan fingerprint density at radius 2 is 1.51 bits per heavy atom. The van der Waals surface area contributed by atoms with Gasteiger partial charge >= 0.3 is 18.3 Å². The number of alkyl halides is 6. The minimum Gasteiger partial charge on any atom is -0.466 e. The van der Waals surface area contributed by atoms with Gasteiger partial charge in [-0.25, -0.2) is 0 Å². The number of hydrogen-bond donors (Lipinski definition) is 2. The molecule has 2 atom stereocenters. The van der Waals surface area contributed by atoms with E-state index < -0.39 is 70.1 Å². The third-order valence-electron chi connectivity index (χ3n) is 5.07. The number of non-ortho nitro benzene ring substituents is 1. The van der Waals surface area contributed by atoms with Gasteiger partial charge in [0.1, 0.15) is 6.04 Å². The number of nitro groups is 1. The van der Waals surface area contributed by atoms with Crippen molar-refractivity contribution in [3.63, 3.8) is 0 Å². The summed E-state index contributed by atoms with van der Waals surface area (Å²) in [5.74, 6) is -5.03.